The number of amides is 1. The van der Waals surface area contributed by atoms with Crippen LogP contribution in [0.15, 0.2) is 46.7 Å². The maximum atomic E-state index is 12.5. The van der Waals surface area contributed by atoms with Crippen molar-refractivity contribution in [1.29, 1.82) is 0 Å². The molecule has 44 heavy (non-hydrogen) atoms. The maximum absolute atomic E-state index is 12.5. The van der Waals surface area contributed by atoms with Crippen LogP contribution < -0.4 is 14.9 Å². The van der Waals surface area contributed by atoms with Gasteiger partial charge in [-0.1, -0.05) is 35.0 Å². The number of halogens is 2. The number of hydrazone groups is 1. The molecule has 1 N–H and O–H groups in total. The van der Waals surface area contributed by atoms with E-state index in [1.165, 1.54) is 18.0 Å². The molecule has 0 aliphatic rings. The molecule has 2 heterocycles. The number of methoxy groups -OCH3 is 1. The third-order valence-corrected chi connectivity index (χ3v) is 8.00. The lowest BCUT2D eigenvalue weighted by Gasteiger charge is -2.12. The number of hydrogen-bond donors (Lipinski definition) is 1. The van der Waals surface area contributed by atoms with Crippen LogP contribution in [0.4, 0.5) is 5.69 Å². The summed E-state index contributed by atoms with van der Waals surface area (Å²) in [5.41, 5.74) is 4.89. The average Bonchev–Trinajstić information content (AvgIpc) is 3.52. The van der Waals surface area contributed by atoms with Gasteiger partial charge >= 0.3 is 5.69 Å². The molecule has 0 aliphatic carbocycles. The number of carbonyl (C=O) groups is 1. The van der Waals surface area contributed by atoms with E-state index < -0.39 is 4.92 Å². The Morgan fingerprint density at radius 2 is 1.95 bits per heavy atom. The summed E-state index contributed by atoms with van der Waals surface area (Å²) in [4.78, 5) is 23.4. The van der Waals surface area contributed by atoms with Crippen molar-refractivity contribution in [2.24, 2.45) is 5.10 Å². The van der Waals surface area contributed by atoms with Gasteiger partial charge in [-0.2, -0.15) is 10.2 Å². The zero-order valence-electron chi connectivity index (χ0n) is 24.4. The Balaban J connectivity index is 1.31. The summed E-state index contributed by atoms with van der Waals surface area (Å²) < 4.78 is 14.8. The molecule has 0 radical (unpaired) electrons. The normalized spacial score (nSPS) is 11.2. The molecule has 0 bridgehead atoms. The first-order valence-electron chi connectivity index (χ1n) is 13.4. The Hall–Kier alpha value is -4.14. The summed E-state index contributed by atoms with van der Waals surface area (Å²) in [5, 5.41) is 29.6. The number of rotatable bonds is 14. The number of ether oxygens (including phenoxy) is 2. The minimum atomic E-state index is -0.420. The lowest BCUT2D eigenvalue weighted by atomic mass is 10.1. The number of thioether (sulfide) groups is 1. The largest absolute Gasteiger partial charge is 0.496 e. The quantitative estimate of drug-likeness (QED) is 0.0811. The molecule has 0 aliphatic heterocycles. The van der Waals surface area contributed by atoms with Gasteiger partial charge in [0.1, 0.15) is 35.3 Å². The Bertz CT molecular complexity index is 1690. The zero-order chi connectivity index (χ0) is 31.8. The van der Waals surface area contributed by atoms with Crippen molar-refractivity contribution in [1.82, 2.24) is 30.0 Å². The van der Waals surface area contributed by atoms with E-state index >= 15 is 0 Å². The van der Waals surface area contributed by atoms with Crippen LogP contribution in [0.25, 0.3) is 0 Å². The van der Waals surface area contributed by atoms with Crippen LogP contribution >= 0.6 is 35.0 Å². The van der Waals surface area contributed by atoms with Gasteiger partial charge in [-0.05, 0) is 62.7 Å². The number of aromatic nitrogens is 5. The van der Waals surface area contributed by atoms with Crippen LogP contribution in [0.3, 0.4) is 0 Å². The highest BCUT2D eigenvalue weighted by Crippen LogP contribution is 2.29. The molecule has 13 nitrogen and oxygen atoms in total. The second kappa shape index (κ2) is 15.0. The van der Waals surface area contributed by atoms with Crippen LogP contribution in [0.5, 0.6) is 11.5 Å². The minimum Gasteiger partial charge on any atom is -0.496 e. The van der Waals surface area contributed by atoms with Crippen LogP contribution in [0, 0.1) is 24.0 Å². The van der Waals surface area contributed by atoms with E-state index in [9.17, 15) is 14.9 Å². The van der Waals surface area contributed by atoms with Gasteiger partial charge in [-0.3, -0.25) is 19.6 Å². The van der Waals surface area contributed by atoms with Crippen LogP contribution in [-0.4, -0.2) is 54.5 Å². The summed E-state index contributed by atoms with van der Waals surface area (Å²) in [6.45, 7) is 6.43. The zero-order valence-corrected chi connectivity index (χ0v) is 26.7. The van der Waals surface area contributed by atoms with Crippen LogP contribution in [0.2, 0.25) is 10.0 Å². The fraction of sp³-hybridized carbons (Fsp3) is 0.321. The lowest BCUT2D eigenvalue weighted by Crippen LogP contribution is -2.20. The summed E-state index contributed by atoms with van der Waals surface area (Å²) in [7, 11) is 1.57. The predicted octanol–water partition coefficient (Wildman–Crippen LogP) is 5.40. The highest BCUT2D eigenvalue weighted by Gasteiger charge is 2.22. The SMILES string of the molecule is CCn1c(CCn2nc(C)c([N+](=O)[O-])c2C)nnc1SCC(=O)N/N=C\c1ccc(OC)c(COc2ccc(Cl)cc2Cl)c1. The first kappa shape index (κ1) is 32.8. The molecule has 232 valence electrons. The topological polar surface area (TPSA) is 152 Å². The molecule has 4 rings (SSSR count). The first-order chi connectivity index (χ1) is 21.1. The van der Waals surface area contributed by atoms with E-state index in [2.05, 4.69) is 25.8 Å². The Labute approximate surface area is 267 Å². The lowest BCUT2D eigenvalue weighted by molar-refractivity contribution is -0.386. The van der Waals surface area contributed by atoms with E-state index in [0.717, 1.165) is 11.1 Å². The second-order valence-corrected chi connectivity index (χ2v) is 11.2. The van der Waals surface area contributed by atoms with Gasteiger partial charge in [-0.25, -0.2) is 5.43 Å². The molecule has 0 unspecified atom stereocenters. The standard InChI is InChI=1S/C28H30Cl2N8O5S/c1-5-36-25(10-11-37-18(3)27(38(40)41)17(2)35-37)32-34-28(36)44-16-26(39)33-31-14-19-6-8-23(42-4)20(12-19)15-43-24-9-7-21(29)13-22(24)30/h6-9,12-14H,5,10-11,15-16H2,1-4H3,(H,33,39)/b31-14-. The number of nitro groups is 1. The monoisotopic (exact) mass is 660 g/mol. The van der Waals surface area contributed by atoms with Gasteiger partial charge < -0.3 is 14.0 Å². The van der Waals surface area contributed by atoms with Gasteiger partial charge in [0.25, 0.3) is 5.91 Å². The fourth-order valence-electron chi connectivity index (χ4n) is 4.38. The van der Waals surface area contributed by atoms with Crippen molar-refractivity contribution in [2.75, 3.05) is 12.9 Å². The Kier molecular flexibility index (Phi) is 11.2. The third-order valence-electron chi connectivity index (χ3n) is 6.50. The summed E-state index contributed by atoms with van der Waals surface area (Å²) in [6.07, 6.45) is 2.00. The molecule has 0 saturated heterocycles. The smallest absolute Gasteiger partial charge is 0.312 e. The Morgan fingerprint density at radius 3 is 2.64 bits per heavy atom. The number of aryl methyl sites for hydroxylation is 3. The van der Waals surface area contributed by atoms with Gasteiger partial charge in [0.05, 0.1) is 29.0 Å². The summed E-state index contributed by atoms with van der Waals surface area (Å²) in [5.74, 6) is 1.57. The van der Waals surface area contributed by atoms with Gasteiger partial charge in [0.15, 0.2) is 5.16 Å². The molecular weight excluding hydrogens is 631 g/mol. The van der Waals surface area contributed by atoms with Crippen molar-refractivity contribution >= 4 is 52.8 Å². The molecule has 1 amide bonds. The molecule has 16 heteroatoms. The number of nitrogens with one attached hydrogen (secondary N) is 1. The highest BCUT2D eigenvalue weighted by molar-refractivity contribution is 7.99. The molecule has 2 aromatic carbocycles. The van der Waals surface area contributed by atoms with E-state index in [-0.39, 0.29) is 24.0 Å². The van der Waals surface area contributed by atoms with Gasteiger partial charge in [0, 0.05) is 30.1 Å². The maximum Gasteiger partial charge on any atom is 0.312 e. The fourth-order valence-corrected chi connectivity index (χ4v) is 5.66. The molecule has 2 aromatic heterocycles. The predicted molar refractivity (Wildman–Crippen MR) is 168 cm³/mol. The molecular formula is C28H30Cl2N8O5S. The van der Waals surface area contributed by atoms with Crippen molar-refractivity contribution in [3.8, 4) is 11.5 Å². The van der Waals surface area contributed by atoms with Crippen LogP contribution in [0.1, 0.15) is 35.3 Å². The van der Waals surface area contributed by atoms with Gasteiger partial charge in [0.2, 0.25) is 0 Å². The molecule has 4 aromatic rings. The first-order valence-corrected chi connectivity index (χ1v) is 15.1. The Morgan fingerprint density at radius 1 is 1.18 bits per heavy atom. The number of carbonyl (C=O) groups excluding carboxylic acids is 1. The second-order valence-electron chi connectivity index (χ2n) is 9.41. The summed E-state index contributed by atoms with van der Waals surface area (Å²) >= 11 is 13.4. The average molecular weight is 662 g/mol. The van der Waals surface area contributed by atoms with Crippen molar-refractivity contribution in [3.63, 3.8) is 0 Å². The molecule has 0 saturated carbocycles. The van der Waals surface area contributed by atoms with E-state index in [4.69, 9.17) is 32.7 Å². The molecule has 0 fully saturated rings. The van der Waals surface area contributed by atoms with E-state index in [1.54, 1.807) is 56.0 Å². The van der Waals surface area contributed by atoms with Crippen molar-refractivity contribution < 1.29 is 19.2 Å². The number of benzene rings is 2. The van der Waals surface area contributed by atoms with Gasteiger partial charge in [-0.15, -0.1) is 10.2 Å². The minimum absolute atomic E-state index is 0.0211. The van der Waals surface area contributed by atoms with E-state index in [1.807, 2.05) is 17.6 Å². The van der Waals surface area contributed by atoms with Crippen molar-refractivity contribution in [2.45, 2.75) is 52.0 Å². The highest BCUT2D eigenvalue weighted by atomic mass is 35.5. The number of nitrogens with zero attached hydrogens (tertiary/aromatic N) is 7. The third kappa shape index (κ3) is 8.07. The van der Waals surface area contributed by atoms with Crippen LogP contribution in [-0.2, 0) is 30.9 Å². The summed E-state index contributed by atoms with van der Waals surface area (Å²) in [6, 6.07) is 10.4. The molecule has 0 atom stereocenters. The number of hydrogen-bond acceptors (Lipinski definition) is 10. The molecule has 0 spiro atoms. The van der Waals surface area contributed by atoms with Crippen molar-refractivity contribution in [3.05, 3.63) is 84.9 Å². The van der Waals surface area contributed by atoms with E-state index in [0.29, 0.717) is 63.4 Å².